The summed E-state index contributed by atoms with van der Waals surface area (Å²) in [6, 6.07) is 69.7. The van der Waals surface area contributed by atoms with E-state index in [0.29, 0.717) is 0 Å². The monoisotopic (exact) mass is 712 g/mol. The molecule has 12 aromatic rings. The molecule has 4 heteroatoms. The van der Waals surface area contributed by atoms with Crippen molar-refractivity contribution in [2.45, 2.75) is 0 Å². The molecular weight excluding hydrogens is 681 g/mol. The zero-order chi connectivity index (χ0) is 36.7. The van der Waals surface area contributed by atoms with Gasteiger partial charge in [0.15, 0.2) is 0 Å². The minimum absolute atomic E-state index is 0.870. The zero-order valence-electron chi connectivity index (χ0n) is 30.3. The average Bonchev–Trinajstić information content (AvgIpc) is 3.77. The number of fused-ring (bicyclic) bond motifs is 9. The van der Waals surface area contributed by atoms with Crippen molar-refractivity contribution in [3.8, 4) is 33.9 Å². The van der Waals surface area contributed by atoms with Crippen LogP contribution in [-0.2, 0) is 0 Å². The number of hydrogen-bond donors (Lipinski definition) is 0. The van der Waals surface area contributed by atoms with E-state index in [4.69, 9.17) is 9.97 Å². The largest absolute Gasteiger partial charge is 0.309 e. The van der Waals surface area contributed by atoms with Crippen LogP contribution < -0.4 is 0 Å². The molecule has 0 atom stereocenters. The van der Waals surface area contributed by atoms with Crippen molar-refractivity contribution in [3.05, 3.63) is 194 Å². The Morgan fingerprint density at radius 2 is 0.768 bits per heavy atom. The smallest absolute Gasteiger partial charge is 0.0973 e. The van der Waals surface area contributed by atoms with Gasteiger partial charge in [-0.1, -0.05) is 121 Å². The Bertz CT molecular complexity index is 3480. The third-order valence-corrected chi connectivity index (χ3v) is 11.4. The number of rotatable bonds is 4. The third kappa shape index (κ3) is 4.66. The lowest BCUT2D eigenvalue weighted by Crippen LogP contribution is -1.97. The lowest BCUT2D eigenvalue weighted by molar-refractivity contribution is 1.17. The molecule has 0 radical (unpaired) electrons. The van der Waals surface area contributed by atoms with Gasteiger partial charge in [0.05, 0.1) is 44.5 Å². The third-order valence-electron chi connectivity index (χ3n) is 11.4. The molecule has 56 heavy (non-hydrogen) atoms. The predicted molar refractivity (Wildman–Crippen MR) is 234 cm³/mol. The molecule has 0 spiro atoms. The minimum atomic E-state index is 0.870. The van der Waals surface area contributed by atoms with E-state index in [2.05, 4.69) is 179 Å². The van der Waals surface area contributed by atoms with E-state index in [1.807, 2.05) is 24.3 Å². The number of para-hydroxylation sites is 4. The van der Waals surface area contributed by atoms with E-state index in [1.165, 1.54) is 59.6 Å². The van der Waals surface area contributed by atoms with Crippen LogP contribution in [-0.4, -0.2) is 19.1 Å². The summed E-state index contributed by atoms with van der Waals surface area (Å²) in [6.07, 6.45) is 0. The quantitative estimate of drug-likeness (QED) is 0.182. The highest BCUT2D eigenvalue weighted by Gasteiger charge is 2.19. The summed E-state index contributed by atoms with van der Waals surface area (Å²) in [5.74, 6) is 0. The van der Waals surface area contributed by atoms with Gasteiger partial charge in [0, 0.05) is 44.0 Å². The Morgan fingerprint density at radius 1 is 0.286 bits per heavy atom. The van der Waals surface area contributed by atoms with Crippen molar-refractivity contribution in [1.82, 2.24) is 19.1 Å². The van der Waals surface area contributed by atoms with Crippen LogP contribution >= 0.6 is 0 Å². The molecule has 0 N–H and O–H groups in total. The first-order valence-corrected chi connectivity index (χ1v) is 19.1. The van der Waals surface area contributed by atoms with Crippen LogP contribution in [0.25, 0.3) is 110 Å². The van der Waals surface area contributed by atoms with Crippen LogP contribution in [0.2, 0.25) is 0 Å². The maximum Gasteiger partial charge on any atom is 0.0973 e. The fourth-order valence-corrected chi connectivity index (χ4v) is 8.82. The maximum absolute atomic E-state index is 5.23. The van der Waals surface area contributed by atoms with Crippen molar-refractivity contribution in [3.63, 3.8) is 0 Å². The van der Waals surface area contributed by atoms with E-state index in [1.54, 1.807) is 0 Å². The number of hydrogen-bond acceptors (Lipinski definition) is 2. The fourth-order valence-electron chi connectivity index (χ4n) is 8.82. The van der Waals surface area contributed by atoms with Gasteiger partial charge in [0.1, 0.15) is 0 Å². The van der Waals surface area contributed by atoms with E-state index in [-0.39, 0.29) is 0 Å². The Balaban J connectivity index is 1.06. The molecule has 0 aliphatic carbocycles. The standard InChI is InChI=1S/C52H32N4/c1-2-12-35-29-38(22-21-33(35)11-1)52-51(53-45-17-7-8-18-46(45)54-52)34-23-25-39(26-24-34)55-49-28-27-40(32-44(49)43-30-36-13-3-4-14-37(36)31-50(43)55)56-47-19-9-5-15-41(47)42-16-6-10-20-48(42)56/h1-32H. The van der Waals surface area contributed by atoms with E-state index in [0.717, 1.165) is 50.4 Å². The summed E-state index contributed by atoms with van der Waals surface area (Å²) >= 11 is 0. The lowest BCUT2D eigenvalue weighted by Gasteiger charge is -2.13. The molecule has 0 fully saturated rings. The molecule has 4 nitrogen and oxygen atoms in total. The summed E-state index contributed by atoms with van der Waals surface area (Å²) in [4.78, 5) is 10.4. The molecule has 0 bridgehead atoms. The van der Waals surface area contributed by atoms with Crippen molar-refractivity contribution in [2.75, 3.05) is 0 Å². The van der Waals surface area contributed by atoms with Crippen molar-refractivity contribution >= 4 is 76.2 Å². The molecule has 3 aromatic heterocycles. The second kappa shape index (κ2) is 12.0. The zero-order valence-corrected chi connectivity index (χ0v) is 30.3. The van der Waals surface area contributed by atoms with Gasteiger partial charge >= 0.3 is 0 Å². The second-order valence-corrected chi connectivity index (χ2v) is 14.6. The van der Waals surface area contributed by atoms with E-state index in [9.17, 15) is 0 Å². The van der Waals surface area contributed by atoms with Crippen LogP contribution in [0, 0.1) is 0 Å². The Kier molecular flexibility index (Phi) is 6.60. The number of nitrogens with zero attached hydrogens (tertiary/aromatic N) is 4. The fraction of sp³-hybridized carbons (Fsp3) is 0. The van der Waals surface area contributed by atoms with E-state index < -0.39 is 0 Å². The molecular formula is C52H32N4. The highest BCUT2D eigenvalue weighted by molar-refractivity contribution is 6.15. The van der Waals surface area contributed by atoms with Gasteiger partial charge in [0.2, 0.25) is 0 Å². The second-order valence-electron chi connectivity index (χ2n) is 14.6. The first-order valence-electron chi connectivity index (χ1n) is 19.1. The normalized spacial score (nSPS) is 11.9. The minimum Gasteiger partial charge on any atom is -0.309 e. The molecule has 0 amide bonds. The summed E-state index contributed by atoms with van der Waals surface area (Å²) in [7, 11) is 0. The summed E-state index contributed by atoms with van der Waals surface area (Å²) in [5, 5.41) is 9.80. The van der Waals surface area contributed by atoms with Crippen molar-refractivity contribution in [2.24, 2.45) is 0 Å². The molecule has 260 valence electrons. The number of benzene rings is 9. The molecule has 0 aliphatic rings. The van der Waals surface area contributed by atoms with Gasteiger partial charge in [-0.15, -0.1) is 0 Å². The highest BCUT2D eigenvalue weighted by atomic mass is 15.0. The van der Waals surface area contributed by atoms with Gasteiger partial charge in [0.25, 0.3) is 0 Å². The van der Waals surface area contributed by atoms with Crippen LogP contribution in [0.4, 0.5) is 0 Å². The Morgan fingerprint density at radius 3 is 1.46 bits per heavy atom. The first kappa shape index (κ1) is 30.9. The van der Waals surface area contributed by atoms with Crippen molar-refractivity contribution < 1.29 is 0 Å². The van der Waals surface area contributed by atoms with Gasteiger partial charge in [-0.2, -0.15) is 0 Å². The SMILES string of the molecule is c1ccc2cc(-c3nc4ccccc4nc3-c3ccc(-n4c5ccc(-n6c7ccccc7c7ccccc76)cc5c5cc6ccccc6cc54)cc3)ccc2c1. The Labute approximate surface area is 322 Å². The lowest BCUT2D eigenvalue weighted by atomic mass is 10.0. The molecule has 0 saturated carbocycles. The first-order chi connectivity index (χ1) is 27.7. The highest BCUT2D eigenvalue weighted by Crippen LogP contribution is 2.39. The summed E-state index contributed by atoms with van der Waals surface area (Å²) < 4.78 is 4.81. The molecule has 0 saturated heterocycles. The van der Waals surface area contributed by atoms with Crippen LogP contribution in [0.1, 0.15) is 0 Å². The summed E-state index contributed by atoms with van der Waals surface area (Å²) in [6.45, 7) is 0. The van der Waals surface area contributed by atoms with Crippen LogP contribution in [0.5, 0.6) is 0 Å². The van der Waals surface area contributed by atoms with Gasteiger partial charge in [-0.3, -0.25) is 0 Å². The van der Waals surface area contributed by atoms with Gasteiger partial charge < -0.3 is 9.13 Å². The summed E-state index contributed by atoms with van der Waals surface area (Å²) in [5.41, 5.74) is 12.6. The average molecular weight is 713 g/mol. The molecule has 0 unspecified atom stereocenters. The van der Waals surface area contributed by atoms with E-state index >= 15 is 0 Å². The van der Waals surface area contributed by atoms with Crippen LogP contribution in [0.15, 0.2) is 194 Å². The van der Waals surface area contributed by atoms with Crippen LogP contribution in [0.3, 0.4) is 0 Å². The molecule has 9 aromatic carbocycles. The molecule has 0 aliphatic heterocycles. The topological polar surface area (TPSA) is 35.6 Å². The Hall–Kier alpha value is -7.56. The number of aromatic nitrogens is 4. The van der Waals surface area contributed by atoms with Gasteiger partial charge in [-0.05, 0) is 94.3 Å². The molecule has 12 rings (SSSR count). The van der Waals surface area contributed by atoms with Crippen molar-refractivity contribution in [1.29, 1.82) is 0 Å². The van der Waals surface area contributed by atoms with Gasteiger partial charge in [-0.25, -0.2) is 9.97 Å². The molecule has 3 heterocycles. The maximum atomic E-state index is 5.23. The predicted octanol–water partition coefficient (Wildman–Crippen LogP) is 13.5.